The van der Waals surface area contributed by atoms with Crippen molar-refractivity contribution in [3.63, 3.8) is 0 Å². The predicted octanol–water partition coefficient (Wildman–Crippen LogP) is -0.659. The summed E-state index contributed by atoms with van der Waals surface area (Å²) in [5, 5.41) is 9.96. The minimum Gasteiger partial charge on any atom is -0.382 e. The lowest BCUT2D eigenvalue weighted by molar-refractivity contribution is 0.0948. The molecule has 1 aliphatic heterocycles. The van der Waals surface area contributed by atoms with Crippen molar-refractivity contribution < 1.29 is 13.2 Å². The van der Waals surface area contributed by atoms with Gasteiger partial charge in [0, 0.05) is 11.1 Å². The van der Waals surface area contributed by atoms with Crippen LogP contribution in [0.1, 0.15) is 16.1 Å². The van der Waals surface area contributed by atoms with Gasteiger partial charge in [0.15, 0.2) is 15.7 Å². The largest absolute Gasteiger partial charge is 0.382 e. The van der Waals surface area contributed by atoms with Gasteiger partial charge in [-0.3, -0.25) is 9.89 Å². The molecule has 2 rings (SSSR count). The zero-order valence-electron chi connectivity index (χ0n) is 9.10. The Morgan fingerprint density at radius 3 is 2.82 bits per heavy atom. The molecule has 0 saturated heterocycles. The van der Waals surface area contributed by atoms with Crippen molar-refractivity contribution in [1.82, 2.24) is 15.5 Å². The van der Waals surface area contributed by atoms with Crippen LogP contribution >= 0.6 is 0 Å². The quantitative estimate of drug-likeness (QED) is 0.649. The number of aryl methyl sites for hydroxylation is 1. The predicted molar refractivity (Wildman–Crippen MR) is 61.9 cm³/mol. The van der Waals surface area contributed by atoms with E-state index in [0.29, 0.717) is 5.69 Å². The molecule has 0 radical (unpaired) electrons. The molecule has 0 fully saturated rings. The summed E-state index contributed by atoms with van der Waals surface area (Å²) in [4.78, 5) is 11.8. The van der Waals surface area contributed by atoms with Crippen LogP contribution in [-0.2, 0) is 9.84 Å². The summed E-state index contributed by atoms with van der Waals surface area (Å²) in [6.07, 6.45) is 1.44. The molecule has 2 heterocycles. The monoisotopic (exact) mass is 256 g/mol. The highest BCUT2D eigenvalue weighted by molar-refractivity contribution is 7.94. The van der Waals surface area contributed by atoms with Crippen LogP contribution in [0.2, 0.25) is 0 Å². The maximum Gasteiger partial charge on any atom is 0.257 e. The molecule has 0 bridgehead atoms. The molecule has 1 aliphatic rings. The molecule has 1 amide bonds. The Hall–Kier alpha value is -1.83. The van der Waals surface area contributed by atoms with Crippen molar-refractivity contribution in [2.24, 2.45) is 0 Å². The first-order chi connectivity index (χ1) is 7.89. The minimum atomic E-state index is -3.18. The fourth-order valence-corrected chi connectivity index (χ4v) is 2.88. The third-order valence-electron chi connectivity index (χ3n) is 2.45. The van der Waals surface area contributed by atoms with Gasteiger partial charge in [-0.2, -0.15) is 5.10 Å². The number of H-pyrrole nitrogens is 1. The second-order valence-electron chi connectivity index (χ2n) is 3.85. The molecule has 17 heavy (non-hydrogen) atoms. The maximum atomic E-state index is 11.8. The van der Waals surface area contributed by atoms with Crippen molar-refractivity contribution in [1.29, 1.82) is 0 Å². The summed E-state index contributed by atoms with van der Waals surface area (Å²) in [6, 6.07) is -0.513. The Morgan fingerprint density at radius 1 is 1.65 bits per heavy atom. The lowest BCUT2D eigenvalue weighted by Crippen LogP contribution is -2.36. The Balaban J connectivity index is 2.12. The van der Waals surface area contributed by atoms with E-state index in [1.165, 1.54) is 6.08 Å². The van der Waals surface area contributed by atoms with Crippen LogP contribution in [0.3, 0.4) is 0 Å². The van der Waals surface area contributed by atoms with Gasteiger partial charge in [0.1, 0.15) is 5.56 Å². The number of nitrogen functional groups attached to an aromatic ring is 1. The lowest BCUT2D eigenvalue weighted by atomic mass is 10.2. The van der Waals surface area contributed by atoms with Crippen molar-refractivity contribution in [2.45, 2.75) is 13.0 Å². The Morgan fingerprint density at radius 2 is 2.35 bits per heavy atom. The van der Waals surface area contributed by atoms with Crippen molar-refractivity contribution >= 4 is 21.6 Å². The van der Waals surface area contributed by atoms with Crippen LogP contribution < -0.4 is 11.1 Å². The van der Waals surface area contributed by atoms with E-state index < -0.39 is 21.8 Å². The third-order valence-corrected chi connectivity index (χ3v) is 3.84. The number of carbonyl (C=O) groups excluding carboxylic acids is 1. The Bertz CT molecular complexity index is 568. The number of nitrogens with two attached hydrogens (primary N) is 1. The average molecular weight is 256 g/mol. The van der Waals surface area contributed by atoms with Crippen LogP contribution in [0.15, 0.2) is 11.5 Å². The van der Waals surface area contributed by atoms with E-state index in [2.05, 4.69) is 15.5 Å². The number of sulfone groups is 1. The van der Waals surface area contributed by atoms with E-state index >= 15 is 0 Å². The van der Waals surface area contributed by atoms with Gasteiger partial charge in [-0.05, 0) is 13.0 Å². The molecule has 1 aromatic rings. The number of nitrogens with one attached hydrogen (secondary N) is 2. The molecule has 1 aromatic heterocycles. The fourth-order valence-electron chi connectivity index (χ4n) is 1.64. The number of aromatic nitrogens is 2. The Kier molecular flexibility index (Phi) is 2.66. The number of carbonyl (C=O) groups is 1. The number of anilines is 1. The molecule has 4 N–H and O–H groups in total. The SMILES string of the molecule is Cc1[nH]nc(N)c1C(=O)NC1C=CS(=O)(=O)C1. The van der Waals surface area contributed by atoms with Crippen LogP contribution in [0.4, 0.5) is 5.82 Å². The third kappa shape index (κ3) is 2.31. The molecular formula is C9H12N4O3S. The highest BCUT2D eigenvalue weighted by Gasteiger charge is 2.25. The second-order valence-corrected chi connectivity index (χ2v) is 5.78. The van der Waals surface area contributed by atoms with E-state index in [1.54, 1.807) is 6.92 Å². The summed E-state index contributed by atoms with van der Waals surface area (Å²) >= 11 is 0. The molecule has 0 spiro atoms. The molecule has 0 aromatic carbocycles. The lowest BCUT2D eigenvalue weighted by Gasteiger charge is -2.09. The van der Waals surface area contributed by atoms with E-state index in [9.17, 15) is 13.2 Å². The number of hydrogen-bond donors (Lipinski definition) is 3. The first kappa shape index (κ1) is 11.6. The first-order valence-electron chi connectivity index (χ1n) is 4.91. The zero-order chi connectivity index (χ0) is 12.6. The van der Waals surface area contributed by atoms with Gasteiger partial charge in [-0.15, -0.1) is 0 Å². The average Bonchev–Trinajstić information content (AvgIpc) is 2.70. The molecule has 8 heteroatoms. The van der Waals surface area contributed by atoms with Gasteiger partial charge in [0.05, 0.1) is 11.8 Å². The number of amides is 1. The molecule has 1 unspecified atom stereocenters. The maximum absolute atomic E-state index is 11.8. The van der Waals surface area contributed by atoms with Crippen molar-refractivity contribution in [3.05, 3.63) is 22.7 Å². The van der Waals surface area contributed by atoms with Gasteiger partial charge >= 0.3 is 0 Å². The van der Waals surface area contributed by atoms with Gasteiger partial charge < -0.3 is 11.1 Å². The topological polar surface area (TPSA) is 118 Å². The summed E-state index contributed by atoms with van der Waals surface area (Å²) in [5.74, 6) is -0.444. The molecule has 1 atom stereocenters. The molecule has 0 saturated carbocycles. The van der Waals surface area contributed by atoms with Crippen LogP contribution in [0, 0.1) is 6.92 Å². The fraction of sp³-hybridized carbons (Fsp3) is 0.333. The van der Waals surface area contributed by atoms with E-state index in [4.69, 9.17) is 5.73 Å². The Labute approximate surface area is 98.0 Å². The van der Waals surface area contributed by atoms with E-state index in [-0.39, 0.29) is 17.1 Å². The highest BCUT2D eigenvalue weighted by Crippen LogP contribution is 2.14. The molecular weight excluding hydrogens is 244 g/mol. The highest BCUT2D eigenvalue weighted by atomic mass is 32.2. The smallest absolute Gasteiger partial charge is 0.257 e. The summed E-state index contributed by atoms with van der Waals surface area (Å²) in [6.45, 7) is 1.67. The second kappa shape index (κ2) is 3.88. The number of hydrogen-bond acceptors (Lipinski definition) is 5. The molecule has 7 nitrogen and oxygen atoms in total. The van der Waals surface area contributed by atoms with Crippen LogP contribution in [0.25, 0.3) is 0 Å². The first-order valence-corrected chi connectivity index (χ1v) is 6.63. The van der Waals surface area contributed by atoms with Gasteiger partial charge in [-0.1, -0.05) is 0 Å². The van der Waals surface area contributed by atoms with Gasteiger partial charge in [-0.25, -0.2) is 8.42 Å². The van der Waals surface area contributed by atoms with E-state index in [1.807, 2.05) is 0 Å². The van der Waals surface area contributed by atoms with E-state index in [0.717, 1.165) is 5.41 Å². The summed E-state index contributed by atoms with van der Waals surface area (Å²) in [7, 11) is -3.18. The van der Waals surface area contributed by atoms with Crippen LogP contribution in [-0.4, -0.2) is 36.3 Å². The summed E-state index contributed by atoms with van der Waals surface area (Å²) in [5.41, 5.74) is 6.33. The number of nitrogens with zero attached hydrogens (tertiary/aromatic N) is 1. The number of aromatic amines is 1. The van der Waals surface area contributed by atoms with Gasteiger partial charge in [0.25, 0.3) is 5.91 Å². The molecule has 92 valence electrons. The normalized spacial score (nSPS) is 21.6. The van der Waals surface area contributed by atoms with Crippen molar-refractivity contribution in [3.8, 4) is 0 Å². The molecule has 0 aliphatic carbocycles. The minimum absolute atomic E-state index is 0.102. The van der Waals surface area contributed by atoms with Crippen LogP contribution in [0.5, 0.6) is 0 Å². The zero-order valence-corrected chi connectivity index (χ0v) is 9.91. The standard InChI is InChI=1S/C9H12N4O3S/c1-5-7(8(10)13-12-5)9(14)11-6-2-3-17(15,16)4-6/h2-3,6H,4H2,1H3,(H,11,14)(H3,10,12,13). The summed E-state index contributed by atoms with van der Waals surface area (Å²) < 4.78 is 22.3. The van der Waals surface area contributed by atoms with Crippen molar-refractivity contribution in [2.75, 3.05) is 11.5 Å². The van der Waals surface area contributed by atoms with Gasteiger partial charge in [0.2, 0.25) is 0 Å². The number of rotatable bonds is 2.